The predicted octanol–water partition coefficient (Wildman–Crippen LogP) is 1.84. The molecule has 8 nitrogen and oxygen atoms in total. The van der Waals surface area contributed by atoms with Crippen molar-refractivity contribution in [3.05, 3.63) is 30.2 Å². The fourth-order valence-corrected chi connectivity index (χ4v) is 3.18. The van der Waals surface area contributed by atoms with Crippen LogP contribution in [0.2, 0.25) is 0 Å². The van der Waals surface area contributed by atoms with E-state index in [2.05, 4.69) is 46.2 Å². The zero-order chi connectivity index (χ0) is 16.5. The molecule has 3 aromatic heterocycles. The fraction of sp³-hybridized carbons (Fsp3) is 0.438. The Hall–Kier alpha value is -2.77. The number of H-pyrrole nitrogens is 1. The van der Waals surface area contributed by atoms with Gasteiger partial charge in [-0.1, -0.05) is 0 Å². The van der Waals surface area contributed by atoms with E-state index in [9.17, 15) is 0 Å². The van der Waals surface area contributed by atoms with E-state index in [4.69, 9.17) is 0 Å². The molecular formula is C16H20N8. The number of fused-ring (bicyclic) bond motifs is 1. The van der Waals surface area contributed by atoms with Crippen molar-refractivity contribution in [1.82, 2.24) is 29.9 Å². The molecule has 0 bridgehead atoms. The molecule has 3 aromatic rings. The molecule has 0 atom stereocenters. The molecule has 0 amide bonds. The third-order valence-electron chi connectivity index (χ3n) is 4.34. The van der Waals surface area contributed by atoms with Crippen LogP contribution < -0.4 is 10.2 Å². The summed E-state index contributed by atoms with van der Waals surface area (Å²) in [6.07, 6.45) is 5.25. The quantitative estimate of drug-likeness (QED) is 0.759. The van der Waals surface area contributed by atoms with Gasteiger partial charge in [0.05, 0.1) is 6.33 Å². The summed E-state index contributed by atoms with van der Waals surface area (Å²) >= 11 is 0. The molecule has 1 saturated heterocycles. The summed E-state index contributed by atoms with van der Waals surface area (Å²) in [5, 5.41) is 3.52. The number of imidazole rings is 1. The van der Waals surface area contributed by atoms with E-state index < -0.39 is 0 Å². The monoisotopic (exact) mass is 324 g/mol. The van der Waals surface area contributed by atoms with E-state index in [-0.39, 0.29) is 0 Å². The number of nitrogens with one attached hydrogen (secondary N) is 2. The van der Waals surface area contributed by atoms with Crippen LogP contribution in [0.25, 0.3) is 11.2 Å². The molecule has 4 rings (SSSR count). The highest BCUT2D eigenvalue weighted by Crippen LogP contribution is 2.22. The molecule has 1 fully saturated rings. The van der Waals surface area contributed by atoms with Crippen LogP contribution in [-0.4, -0.2) is 49.0 Å². The molecule has 0 unspecified atom stereocenters. The van der Waals surface area contributed by atoms with Gasteiger partial charge in [0.2, 0.25) is 0 Å². The average molecular weight is 324 g/mol. The van der Waals surface area contributed by atoms with E-state index in [1.165, 1.54) is 0 Å². The number of hydrogen-bond donors (Lipinski definition) is 2. The summed E-state index contributed by atoms with van der Waals surface area (Å²) in [6, 6.07) is 2.44. The number of rotatable bonds is 3. The second-order valence-corrected chi connectivity index (χ2v) is 6.14. The van der Waals surface area contributed by atoms with Gasteiger partial charge in [0.25, 0.3) is 0 Å². The fourth-order valence-electron chi connectivity index (χ4n) is 3.18. The lowest BCUT2D eigenvalue weighted by atomic mass is 10.0. The molecule has 24 heavy (non-hydrogen) atoms. The molecule has 0 radical (unpaired) electrons. The van der Waals surface area contributed by atoms with Crippen molar-refractivity contribution in [2.45, 2.75) is 32.7 Å². The minimum absolute atomic E-state index is 0.381. The Morgan fingerprint density at radius 1 is 1.12 bits per heavy atom. The standard InChI is InChI=1S/C16H20N8/c1-10-7-13(22-11(2)21-10)24-5-3-12(4-6-24)23-16-14-15(18-8-17-14)19-9-20-16/h7-9,12H,3-6H2,1-2H3,(H2,17,18,19,20,23). The summed E-state index contributed by atoms with van der Waals surface area (Å²) in [7, 11) is 0. The summed E-state index contributed by atoms with van der Waals surface area (Å²) in [5.41, 5.74) is 2.57. The Morgan fingerprint density at radius 2 is 1.96 bits per heavy atom. The Balaban J connectivity index is 1.44. The molecule has 0 aliphatic carbocycles. The van der Waals surface area contributed by atoms with Crippen molar-refractivity contribution < 1.29 is 0 Å². The number of aryl methyl sites for hydroxylation is 2. The summed E-state index contributed by atoms with van der Waals surface area (Å²) in [6.45, 7) is 5.88. The van der Waals surface area contributed by atoms with E-state index >= 15 is 0 Å². The summed E-state index contributed by atoms with van der Waals surface area (Å²) in [4.78, 5) is 27.0. The van der Waals surface area contributed by atoms with Crippen molar-refractivity contribution in [3.8, 4) is 0 Å². The molecule has 4 heterocycles. The molecule has 1 aliphatic heterocycles. The molecule has 124 valence electrons. The lowest BCUT2D eigenvalue weighted by Crippen LogP contribution is -2.39. The maximum absolute atomic E-state index is 4.56. The van der Waals surface area contributed by atoms with E-state index in [1.54, 1.807) is 12.7 Å². The van der Waals surface area contributed by atoms with Gasteiger partial charge in [-0.25, -0.2) is 24.9 Å². The number of anilines is 2. The number of hydrogen-bond acceptors (Lipinski definition) is 7. The Kier molecular flexibility index (Phi) is 3.72. The Bertz CT molecular complexity index is 830. The second kappa shape index (κ2) is 6.03. The van der Waals surface area contributed by atoms with Crippen molar-refractivity contribution in [2.75, 3.05) is 23.3 Å². The Labute approximate surface area is 139 Å². The van der Waals surface area contributed by atoms with Crippen LogP contribution in [0.5, 0.6) is 0 Å². The molecule has 0 aromatic carbocycles. The van der Waals surface area contributed by atoms with Gasteiger partial charge in [0.1, 0.15) is 23.5 Å². The van der Waals surface area contributed by atoms with Crippen LogP contribution in [0.1, 0.15) is 24.4 Å². The number of aromatic nitrogens is 6. The minimum atomic E-state index is 0.381. The van der Waals surface area contributed by atoms with Crippen LogP contribution >= 0.6 is 0 Å². The molecule has 0 spiro atoms. The predicted molar refractivity (Wildman–Crippen MR) is 92.0 cm³/mol. The third kappa shape index (κ3) is 2.86. The van der Waals surface area contributed by atoms with E-state index in [0.717, 1.165) is 54.6 Å². The minimum Gasteiger partial charge on any atom is -0.365 e. The lowest BCUT2D eigenvalue weighted by molar-refractivity contribution is 0.522. The van der Waals surface area contributed by atoms with Gasteiger partial charge in [-0.2, -0.15) is 0 Å². The zero-order valence-corrected chi connectivity index (χ0v) is 13.8. The van der Waals surface area contributed by atoms with Crippen molar-refractivity contribution in [2.24, 2.45) is 0 Å². The molecular weight excluding hydrogens is 304 g/mol. The van der Waals surface area contributed by atoms with Gasteiger partial charge in [-0.15, -0.1) is 0 Å². The van der Waals surface area contributed by atoms with E-state index in [0.29, 0.717) is 11.7 Å². The van der Waals surface area contributed by atoms with Gasteiger partial charge < -0.3 is 15.2 Å². The van der Waals surface area contributed by atoms with Gasteiger partial charge in [-0.3, -0.25) is 0 Å². The highest BCUT2D eigenvalue weighted by molar-refractivity contribution is 5.82. The van der Waals surface area contributed by atoms with Crippen molar-refractivity contribution >= 4 is 22.8 Å². The number of nitrogens with zero attached hydrogens (tertiary/aromatic N) is 6. The molecule has 1 aliphatic rings. The smallest absolute Gasteiger partial charge is 0.182 e. The van der Waals surface area contributed by atoms with Crippen LogP contribution in [0, 0.1) is 13.8 Å². The third-order valence-corrected chi connectivity index (χ3v) is 4.34. The first-order chi connectivity index (χ1) is 11.7. The van der Waals surface area contributed by atoms with Gasteiger partial charge in [0.15, 0.2) is 11.5 Å². The Morgan fingerprint density at radius 3 is 2.75 bits per heavy atom. The first-order valence-corrected chi connectivity index (χ1v) is 8.17. The second-order valence-electron chi connectivity index (χ2n) is 6.14. The SMILES string of the molecule is Cc1cc(N2CCC(Nc3ncnc4nc[nH]c34)CC2)nc(C)n1. The molecule has 8 heteroatoms. The first-order valence-electron chi connectivity index (χ1n) is 8.17. The molecule has 2 N–H and O–H groups in total. The van der Waals surface area contributed by atoms with E-state index in [1.807, 2.05) is 13.8 Å². The van der Waals surface area contributed by atoms with Crippen molar-refractivity contribution in [3.63, 3.8) is 0 Å². The van der Waals surface area contributed by atoms with Gasteiger partial charge >= 0.3 is 0 Å². The van der Waals surface area contributed by atoms with Crippen molar-refractivity contribution in [1.29, 1.82) is 0 Å². The lowest BCUT2D eigenvalue weighted by Gasteiger charge is -2.33. The zero-order valence-electron chi connectivity index (χ0n) is 13.8. The normalized spacial score (nSPS) is 15.8. The average Bonchev–Trinajstić information content (AvgIpc) is 3.04. The highest BCUT2D eigenvalue weighted by Gasteiger charge is 2.21. The highest BCUT2D eigenvalue weighted by atomic mass is 15.2. The largest absolute Gasteiger partial charge is 0.365 e. The van der Waals surface area contributed by atoms with Crippen LogP contribution in [0.15, 0.2) is 18.7 Å². The van der Waals surface area contributed by atoms with Gasteiger partial charge in [0, 0.05) is 30.9 Å². The first kappa shape index (κ1) is 14.8. The molecule has 0 saturated carbocycles. The van der Waals surface area contributed by atoms with Crippen LogP contribution in [0.3, 0.4) is 0 Å². The summed E-state index contributed by atoms with van der Waals surface area (Å²) in [5.74, 6) is 2.67. The topological polar surface area (TPSA) is 95.5 Å². The number of piperidine rings is 1. The number of aromatic amines is 1. The van der Waals surface area contributed by atoms with Gasteiger partial charge in [-0.05, 0) is 26.7 Å². The van der Waals surface area contributed by atoms with Crippen LogP contribution in [0.4, 0.5) is 11.6 Å². The maximum Gasteiger partial charge on any atom is 0.182 e. The maximum atomic E-state index is 4.56. The van der Waals surface area contributed by atoms with Crippen LogP contribution in [-0.2, 0) is 0 Å². The summed E-state index contributed by atoms with van der Waals surface area (Å²) < 4.78 is 0.